The molecule has 84 valence electrons. The summed E-state index contributed by atoms with van der Waals surface area (Å²) in [7, 11) is 0. The molecule has 1 atom stereocenters. The third kappa shape index (κ3) is 2.31. The van der Waals surface area contributed by atoms with E-state index in [1.807, 2.05) is 13.1 Å². The van der Waals surface area contributed by atoms with Gasteiger partial charge in [-0.15, -0.1) is 11.3 Å². The Morgan fingerprint density at radius 2 is 2.00 bits per heavy atom. The number of hydrogen-bond acceptors (Lipinski definition) is 3. The number of aryl methyl sites for hydroxylation is 1. The minimum atomic E-state index is 0.0705. The van der Waals surface area contributed by atoms with E-state index in [1.165, 1.54) is 11.1 Å². The van der Waals surface area contributed by atoms with E-state index >= 15 is 0 Å². The van der Waals surface area contributed by atoms with Crippen molar-refractivity contribution >= 4 is 11.3 Å². The third-order valence-electron chi connectivity index (χ3n) is 2.58. The van der Waals surface area contributed by atoms with E-state index in [4.69, 9.17) is 5.73 Å². The van der Waals surface area contributed by atoms with Crippen molar-refractivity contribution in [3.63, 3.8) is 0 Å². The summed E-state index contributed by atoms with van der Waals surface area (Å²) in [6.07, 6.45) is 2.95. The number of hydrogen-bond donors (Lipinski definition) is 1. The van der Waals surface area contributed by atoms with Gasteiger partial charge in [-0.3, -0.25) is 0 Å². The van der Waals surface area contributed by atoms with Gasteiger partial charge in [0, 0.05) is 22.7 Å². The maximum Gasteiger partial charge on any atom is 0.123 e. The van der Waals surface area contributed by atoms with Crippen LogP contribution in [-0.2, 0) is 6.42 Å². The molecular formula is C13H16N2S. The van der Waals surface area contributed by atoms with E-state index < -0.39 is 0 Å². The van der Waals surface area contributed by atoms with Crippen molar-refractivity contribution in [3.05, 3.63) is 40.9 Å². The summed E-state index contributed by atoms with van der Waals surface area (Å²) < 4.78 is 0. The average Bonchev–Trinajstić information content (AvgIpc) is 2.78. The first kappa shape index (κ1) is 11.3. The number of nitrogens with zero attached hydrogens (tertiary/aromatic N) is 1. The molecule has 2 rings (SSSR count). The molecule has 2 aromatic rings. The molecule has 3 heteroatoms. The van der Waals surface area contributed by atoms with Crippen molar-refractivity contribution in [2.45, 2.75) is 26.3 Å². The van der Waals surface area contributed by atoms with Crippen LogP contribution in [0.1, 0.15) is 30.3 Å². The molecule has 1 aromatic heterocycles. The summed E-state index contributed by atoms with van der Waals surface area (Å²) in [5, 5.41) is 1.05. The maximum absolute atomic E-state index is 5.82. The topological polar surface area (TPSA) is 38.9 Å². The third-order valence-corrected chi connectivity index (χ3v) is 3.83. The Bertz CT molecular complexity index is 457. The Kier molecular flexibility index (Phi) is 3.36. The van der Waals surface area contributed by atoms with E-state index in [1.54, 1.807) is 11.3 Å². The van der Waals surface area contributed by atoms with Gasteiger partial charge in [0.2, 0.25) is 0 Å². The highest BCUT2D eigenvalue weighted by Crippen LogP contribution is 2.27. The number of aromatic nitrogens is 1. The van der Waals surface area contributed by atoms with Crippen LogP contribution in [0, 0.1) is 0 Å². The lowest BCUT2D eigenvalue weighted by atomic mass is 10.1. The summed E-state index contributed by atoms with van der Waals surface area (Å²) in [6.45, 7) is 4.14. The SMILES string of the molecule is CCc1ccc(-c2ncc(C(C)N)s2)cc1. The standard InChI is InChI=1S/C13H16N2S/c1-3-10-4-6-11(7-5-10)13-15-8-12(16-13)9(2)14/h4-9H,3,14H2,1-2H3. The number of thiazole rings is 1. The van der Waals surface area contributed by atoms with Crippen molar-refractivity contribution in [3.8, 4) is 10.6 Å². The Morgan fingerprint density at radius 3 is 2.50 bits per heavy atom. The normalized spacial score (nSPS) is 12.7. The van der Waals surface area contributed by atoms with Gasteiger partial charge in [0.25, 0.3) is 0 Å². The van der Waals surface area contributed by atoms with Crippen molar-refractivity contribution in [2.75, 3.05) is 0 Å². The molecule has 0 spiro atoms. The van der Waals surface area contributed by atoms with E-state index in [0.717, 1.165) is 16.3 Å². The zero-order valence-corrected chi connectivity index (χ0v) is 10.4. The Hall–Kier alpha value is -1.19. The van der Waals surface area contributed by atoms with Crippen LogP contribution >= 0.6 is 11.3 Å². The second-order valence-corrected chi connectivity index (χ2v) is 4.97. The highest BCUT2D eigenvalue weighted by molar-refractivity contribution is 7.15. The van der Waals surface area contributed by atoms with Gasteiger partial charge in [-0.1, -0.05) is 31.2 Å². The van der Waals surface area contributed by atoms with Crippen LogP contribution in [0.15, 0.2) is 30.5 Å². The fourth-order valence-corrected chi connectivity index (χ4v) is 2.39. The minimum absolute atomic E-state index is 0.0705. The lowest BCUT2D eigenvalue weighted by Gasteiger charge is -1.99. The van der Waals surface area contributed by atoms with E-state index in [-0.39, 0.29) is 6.04 Å². The molecule has 2 N–H and O–H groups in total. The molecule has 0 radical (unpaired) electrons. The lowest BCUT2D eigenvalue weighted by Crippen LogP contribution is -2.01. The van der Waals surface area contributed by atoms with Gasteiger partial charge in [-0.2, -0.15) is 0 Å². The van der Waals surface area contributed by atoms with Crippen LogP contribution < -0.4 is 5.73 Å². The predicted molar refractivity (Wildman–Crippen MR) is 69.5 cm³/mol. The second kappa shape index (κ2) is 4.76. The van der Waals surface area contributed by atoms with Crippen LogP contribution in [-0.4, -0.2) is 4.98 Å². The molecule has 0 aliphatic rings. The van der Waals surface area contributed by atoms with Crippen LogP contribution in [0.3, 0.4) is 0 Å². The summed E-state index contributed by atoms with van der Waals surface area (Å²) >= 11 is 1.67. The van der Waals surface area contributed by atoms with E-state index in [9.17, 15) is 0 Å². The van der Waals surface area contributed by atoms with Crippen molar-refractivity contribution in [1.29, 1.82) is 0 Å². The summed E-state index contributed by atoms with van der Waals surface area (Å²) in [6, 6.07) is 8.64. The highest BCUT2D eigenvalue weighted by atomic mass is 32.1. The zero-order valence-electron chi connectivity index (χ0n) is 9.60. The van der Waals surface area contributed by atoms with Gasteiger partial charge >= 0.3 is 0 Å². The van der Waals surface area contributed by atoms with Crippen LogP contribution in [0.2, 0.25) is 0 Å². The quantitative estimate of drug-likeness (QED) is 0.881. The summed E-state index contributed by atoms with van der Waals surface area (Å²) in [4.78, 5) is 5.54. The fraction of sp³-hybridized carbons (Fsp3) is 0.308. The summed E-state index contributed by atoms with van der Waals surface area (Å²) in [5.41, 5.74) is 8.35. The van der Waals surface area contributed by atoms with Crippen LogP contribution in [0.5, 0.6) is 0 Å². The number of rotatable bonds is 3. The van der Waals surface area contributed by atoms with Crippen molar-refractivity contribution in [1.82, 2.24) is 4.98 Å². The van der Waals surface area contributed by atoms with Crippen molar-refractivity contribution in [2.24, 2.45) is 5.73 Å². The Labute approximate surface area is 100 Å². The number of benzene rings is 1. The molecule has 0 aliphatic carbocycles. The van der Waals surface area contributed by atoms with Gasteiger partial charge in [-0.05, 0) is 18.9 Å². The van der Waals surface area contributed by atoms with Crippen molar-refractivity contribution < 1.29 is 0 Å². The van der Waals surface area contributed by atoms with Crippen LogP contribution in [0.25, 0.3) is 10.6 Å². The highest BCUT2D eigenvalue weighted by Gasteiger charge is 2.07. The monoisotopic (exact) mass is 232 g/mol. The van der Waals surface area contributed by atoms with E-state index in [2.05, 4.69) is 36.2 Å². The van der Waals surface area contributed by atoms with Gasteiger partial charge in [0.15, 0.2) is 0 Å². The smallest absolute Gasteiger partial charge is 0.123 e. The Balaban J connectivity index is 2.28. The molecule has 0 saturated heterocycles. The Morgan fingerprint density at radius 1 is 1.31 bits per heavy atom. The molecule has 0 bridgehead atoms. The molecule has 0 saturated carbocycles. The predicted octanol–water partition coefficient (Wildman–Crippen LogP) is 3.39. The first-order valence-corrected chi connectivity index (χ1v) is 6.33. The van der Waals surface area contributed by atoms with Gasteiger partial charge < -0.3 is 5.73 Å². The molecule has 16 heavy (non-hydrogen) atoms. The lowest BCUT2D eigenvalue weighted by molar-refractivity contribution is 0.835. The minimum Gasteiger partial charge on any atom is -0.323 e. The maximum atomic E-state index is 5.82. The molecular weight excluding hydrogens is 216 g/mol. The first-order chi connectivity index (χ1) is 7.70. The molecule has 1 heterocycles. The molecule has 0 amide bonds. The van der Waals surface area contributed by atoms with Gasteiger partial charge in [0.05, 0.1) is 0 Å². The largest absolute Gasteiger partial charge is 0.323 e. The molecule has 1 unspecified atom stereocenters. The first-order valence-electron chi connectivity index (χ1n) is 5.51. The molecule has 0 fully saturated rings. The average molecular weight is 232 g/mol. The fourth-order valence-electron chi connectivity index (χ4n) is 1.51. The summed E-state index contributed by atoms with van der Waals surface area (Å²) in [5.74, 6) is 0. The van der Waals surface area contributed by atoms with Crippen LogP contribution in [0.4, 0.5) is 0 Å². The second-order valence-electron chi connectivity index (χ2n) is 3.91. The molecule has 1 aromatic carbocycles. The number of nitrogens with two attached hydrogens (primary N) is 1. The molecule has 2 nitrogen and oxygen atoms in total. The van der Waals surface area contributed by atoms with Gasteiger partial charge in [0.1, 0.15) is 5.01 Å². The van der Waals surface area contributed by atoms with Gasteiger partial charge in [-0.25, -0.2) is 4.98 Å². The zero-order chi connectivity index (χ0) is 11.5. The molecule has 0 aliphatic heterocycles. The van der Waals surface area contributed by atoms with E-state index in [0.29, 0.717) is 0 Å².